The molecule has 0 bridgehead atoms. The van der Waals surface area contributed by atoms with Gasteiger partial charge in [-0.05, 0) is 27.7 Å². The van der Waals surface area contributed by atoms with Crippen molar-refractivity contribution < 1.29 is 28.8 Å². The van der Waals surface area contributed by atoms with Gasteiger partial charge in [-0.25, -0.2) is 0 Å². The molecule has 0 atom stereocenters. The van der Waals surface area contributed by atoms with Crippen LogP contribution in [-0.2, 0) is 28.8 Å². The molecule has 0 N–H and O–H groups in total. The van der Waals surface area contributed by atoms with Gasteiger partial charge in [-0.1, -0.05) is 0 Å². The van der Waals surface area contributed by atoms with Gasteiger partial charge in [0.15, 0.2) is 17.0 Å². The fourth-order valence-electron chi connectivity index (χ4n) is 2.49. The summed E-state index contributed by atoms with van der Waals surface area (Å²) in [5, 5.41) is 0. The summed E-state index contributed by atoms with van der Waals surface area (Å²) in [4.78, 5) is 69.5. The van der Waals surface area contributed by atoms with E-state index < -0.39 is 40.4 Å². The van der Waals surface area contributed by atoms with Gasteiger partial charge in [0.2, 0.25) is 0 Å². The van der Waals surface area contributed by atoms with Gasteiger partial charge in [-0.2, -0.15) is 0 Å². The summed E-state index contributed by atoms with van der Waals surface area (Å²) in [6.45, 7) is 3.85. The third kappa shape index (κ3) is 2.18. The molecule has 0 aliphatic carbocycles. The summed E-state index contributed by atoms with van der Waals surface area (Å²) >= 11 is 0. The fraction of sp³-hybridized carbons (Fsp3) is 0.538. The molecular weight excluding hydrogens is 252 g/mol. The molecule has 0 spiro atoms. The van der Waals surface area contributed by atoms with Gasteiger partial charge in [0.25, 0.3) is 0 Å². The number of carbonyl (C=O) groups excluding carboxylic acids is 6. The maximum Gasteiger partial charge on any atom is 0.161 e. The predicted molar refractivity (Wildman–Crippen MR) is 64.3 cm³/mol. The van der Waals surface area contributed by atoms with E-state index in [-0.39, 0.29) is 12.6 Å². The SMILES string of the molecule is CC(=O)C(C=O)(C(C)=O)C(CC=O)(C(C)=O)C(C)=O. The molecular formula is C13H16O6. The number of Topliss-reactive ketones (excluding diaryl/α,β-unsaturated/α-hetero) is 4. The molecule has 104 valence electrons. The van der Waals surface area contributed by atoms with Crippen LogP contribution in [0.3, 0.4) is 0 Å². The van der Waals surface area contributed by atoms with Crippen LogP contribution in [-0.4, -0.2) is 35.7 Å². The number of hydrogen-bond donors (Lipinski definition) is 0. The first kappa shape index (κ1) is 17.0. The average molecular weight is 268 g/mol. The van der Waals surface area contributed by atoms with E-state index in [0.29, 0.717) is 0 Å². The normalized spacial score (nSPS) is 11.6. The number of rotatable bonds is 8. The molecule has 19 heavy (non-hydrogen) atoms. The number of carbonyl (C=O) groups is 6. The van der Waals surface area contributed by atoms with E-state index in [0.717, 1.165) is 27.7 Å². The molecule has 0 heterocycles. The highest BCUT2D eigenvalue weighted by molar-refractivity contribution is 6.27. The molecule has 6 heteroatoms. The number of hydrogen-bond acceptors (Lipinski definition) is 6. The van der Waals surface area contributed by atoms with Crippen molar-refractivity contribution in [2.75, 3.05) is 0 Å². The summed E-state index contributed by atoms with van der Waals surface area (Å²) < 4.78 is 0. The lowest BCUT2D eigenvalue weighted by molar-refractivity contribution is -0.165. The van der Waals surface area contributed by atoms with Gasteiger partial charge < -0.3 is 9.59 Å². The Morgan fingerprint density at radius 1 is 0.789 bits per heavy atom. The second kappa shape index (κ2) is 5.77. The Bertz CT molecular complexity index is 432. The van der Waals surface area contributed by atoms with Gasteiger partial charge in [0, 0.05) is 6.42 Å². The van der Waals surface area contributed by atoms with Crippen molar-refractivity contribution in [3.8, 4) is 0 Å². The average Bonchev–Trinajstić information content (AvgIpc) is 2.27. The highest BCUT2D eigenvalue weighted by Gasteiger charge is 2.63. The van der Waals surface area contributed by atoms with E-state index in [1.807, 2.05) is 0 Å². The summed E-state index contributed by atoms with van der Waals surface area (Å²) in [6.07, 6.45) is -0.424. The zero-order valence-electron chi connectivity index (χ0n) is 11.3. The smallest absolute Gasteiger partial charge is 0.161 e. The first-order valence-electron chi connectivity index (χ1n) is 5.59. The van der Waals surface area contributed by atoms with Crippen LogP contribution in [0.1, 0.15) is 34.1 Å². The van der Waals surface area contributed by atoms with E-state index in [1.54, 1.807) is 0 Å². The lowest BCUT2D eigenvalue weighted by Crippen LogP contribution is -2.60. The van der Waals surface area contributed by atoms with Crippen LogP contribution < -0.4 is 0 Å². The van der Waals surface area contributed by atoms with Crippen molar-refractivity contribution in [3.05, 3.63) is 0 Å². The third-order valence-electron chi connectivity index (χ3n) is 3.55. The van der Waals surface area contributed by atoms with Gasteiger partial charge in [0.1, 0.15) is 29.6 Å². The van der Waals surface area contributed by atoms with Crippen LogP contribution in [0, 0.1) is 10.8 Å². The highest BCUT2D eigenvalue weighted by Crippen LogP contribution is 2.44. The molecule has 6 nitrogen and oxygen atoms in total. The molecule has 0 fully saturated rings. The van der Waals surface area contributed by atoms with Crippen molar-refractivity contribution >= 4 is 35.7 Å². The molecule has 0 aliphatic rings. The number of aldehydes is 2. The molecule has 0 aromatic heterocycles. The van der Waals surface area contributed by atoms with Gasteiger partial charge >= 0.3 is 0 Å². The Morgan fingerprint density at radius 3 is 1.32 bits per heavy atom. The summed E-state index contributed by atoms with van der Waals surface area (Å²) in [6, 6.07) is 0. The zero-order chi connectivity index (χ0) is 15.4. The molecule has 0 saturated carbocycles. The largest absolute Gasteiger partial charge is 0.303 e. The van der Waals surface area contributed by atoms with E-state index in [2.05, 4.69) is 0 Å². The number of ketones is 4. The van der Waals surface area contributed by atoms with Gasteiger partial charge in [0.05, 0.1) is 0 Å². The molecule has 0 unspecified atom stereocenters. The first-order chi connectivity index (χ1) is 8.64. The standard InChI is InChI=1S/C13H16O6/c1-8(16)12(5-6-14,9(2)17)13(7-15,10(3)18)11(4)19/h6-7H,5H2,1-4H3. The lowest BCUT2D eigenvalue weighted by atomic mass is 9.55. The van der Waals surface area contributed by atoms with Crippen molar-refractivity contribution in [2.24, 2.45) is 10.8 Å². The maximum atomic E-state index is 11.9. The zero-order valence-corrected chi connectivity index (χ0v) is 11.3. The minimum atomic E-state index is -2.44. The van der Waals surface area contributed by atoms with Crippen LogP contribution in [0.15, 0.2) is 0 Å². The van der Waals surface area contributed by atoms with Crippen molar-refractivity contribution in [2.45, 2.75) is 34.1 Å². The van der Waals surface area contributed by atoms with Crippen molar-refractivity contribution in [1.29, 1.82) is 0 Å². The Kier molecular flexibility index (Phi) is 5.17. The van der Waals surface area contributed by atoms with Crippen LogP contribution in [0.2, 0.25) is 0 Å². The van der Waals surface area contributed by atoms with Crippen LogP contribution in [0.4, 0.5) is 0 Å². The summed E-state index contributed by atoms with van der Waals surface area (Å²) in [5.74, 6) is -3.57. The quantitative estimate of drug-likeness (QED) is 0.457. The van der Waals surface area contributed by atoms with Gasteiger partial charge in [-0.15, -0.1) is 0 Å². The van der Waals surface area contributed by atoms with Crippen LogP contribution >= 0.6 is 0 Å². The summed E-state index contributed by atoms with van der Waals surface area (Å²) in [5.41, 5.74) is -4.69. The Balaban J connectivity index is 6.67. The van der Waals surface area contributed by atoms with E-state index in [9.17, 15) is 28.8 Å². The predicted octanol–water partition coefficient (Wildman–Crippen LogP) is 0.103. The van der Waals surface area contributed by atoms with E-state index in [1.165, 1.54) is 0 Å². The first-order valence-corrected chi connectivity index (χ1v) is 5.59. The topological polar surface area (TPSA) is 102 Å². The second-order valence-corrected chi connectivity index (χ2v) is 4.43. The van der Waals surface area contributed by atoms with Crippen molar-refractivity contribution in [3.63, 3.8) is 0 Å². The third-order valence-corrected chi connectivity index (χ3v) is 3.55. The molecule has 0 aromatic rings. The maximum absolute atomic E-state index is 11.9. The Hall–Kier alpha value is -1.98. The Labute approximate surface area is 110 Å². The summed E-state index contributed by atoms with van der Waals surface area (Å²) in [7, 11) is 0. The second-order valence-electron chi connectivity index (χ2n) is 4.43. The highest BCUT2D eigenvalue weighted by atomic mass is 16.2. The van der Waals surface area contributed by atoms with E-state index >= 15 is 0 Å². The molecule has 0 rings (SSSR count). The fourth-order valence-corrected chi connectivity index (χ4v) is 2.49. The molecule has 0 saturated heterocycles. The van der Waals surface area contributed by atoms with Gasteiger partial charge in [-0.3, -0.25) is 19.2 Å². The molecule has 0 aromatic carbocycles. The van der Waals surface area contributed by atoms with E-state index in [4.69, 9.17) is 0 Å². The van der Waals surface area contributed by atoms with Crippen molar-refractivity contribution in [1.82, 2.24) is 0 Å². The minimum absolute atomic E-state index is 0.00394. The van der Waals surface area contributed by atoms with Crippen LogP contribution in [0.5, 0.6) is 0 Å². The monoisotopic (exact) mass is 268 g/mol. The molecule has 0 radical (unpaired) electrons. The Morgan fingerprint density at radius 2 is 1.16 bits per heavy atom. The minimum Gasteiger partial charge on any atom is -0.303 e. The molecule has 0 aliphatic heterocycles. The lowest BCUT2D eigenvalue weighted by Gasteiger charge is -2.39. The molecule has 0 amide bonds. The van der Waals surface area contributed by atoms with Crippen LogP contribution in [0.25, 0.3) is 0 Å².